The molecule has 0 atom stereocenters. The van der Waals surface area contributed by atoms with Gasteiger partial charge in [-0.1, -0.05) is 5.92 Å². The number of carbonyl (C=O) groups excluding carboxylic acids is 1. The molecule has 76 valence electrons. The number of aromatic hydroxyl groups is 1. The fourth-order valence-electron chi connectivity index (χ4n) is 1.09. The van der Waals surface area contributed by atoms with Crippen LogP contribution in [-0.4, -0.2) is 22.5 Å². The van der Waals surface area contributed by atoms with Crippen LogP contribution in [0.3, 0.4) is 0 Å². The third kappa shape index (κ3) is 2.58. The van der Waals surface area contributed by atoms with Crippen molar-refractivity contribution in [2.24, 2.45) is 0 Å². The van der Waals surface area contributed by atoms with Gasteiger partial charge < -0.3 is 10.2 Å². The van der Waals surface area contributed by atoms with Crippen molar-refractivity contribution in [1.29, 1.82) is 0 Å². The first-order chi connectivity index (χ1) is 7.04. The first-order valence-electron chi connectivity index (χ1n) is 4.08. The minimum atomic E-state index is -1.24. The van der Waals surface area contributed by atoms with Gasteiger partial charge in [0.05, 0.1) is 5.56 Å². The first-order valence-corrected chi connectivity index (χ1v) is 4.08. The van der Waals surface area contributed by atoms with Crippen LogP contribution in [0.1, 0.15) is 21.5 Å². The van der Waals surface area contributed by atoms with Gasteiger partial charge in [0.2, 0.25) is 0 Å². The lowest BCUT2D eigenvalue weighted by atomic mass is 10.1. The molecule has 0 aliphatic heterocycles. The van der Waals surface area contributed by atoms with Gasteiger partial charge in [-0.25, -0.2) is 4.79 Å². The van der Waals surface area contributed by atoms with E-state index in [0.717, 1.165) is 0 Å². The van der Waals surface area contributed by atoms with E-state index in [-0.39, 0.29) is 11.3 Å². The number of rotatable bonds is 1. The number of aliphatic carboxylic acids is 1. The van der Waals surface area contributed by atoms with Crippen LogP contribution >= 0.6 is 0 Å². The van der Waals surface area contributed by atoms with E-state index < -0.39 is 5.97 Å². The van der Waals surface area contributed by atoms with E-state index >= 15 is 0 Å². The van der Waals surface area contributed by atoms with Crippen LogP contribution in [0.5, 0.6) is 5.75 Å². The standard InChI is InChI=1S/C11H8O4/c1-7-4-8(2-3-10(13)14)5-9(6-12)11(7)15/h4-6,15H,1H3,(H,13,14). The minimum Gasteiger partial charge on any atom is -0.507 e. The molecule has 1 aromatic rings. The lowest BCUT2D eigenvalue weighted by molar-refractivity contribution is -0.130. The van der Waals surface area contributed by atoms with E-state index in [1.165, 1.54) is 12.1 Å². The van der Waals surface area contributed by atoms with Crippen LogP contribution in [0.25, 0.3) is 0 Å². The van der Waals surface area contributed by atoms with Crippen molar-refractivity contribution in [3.8, 4) is 17.6 Å². The van der Waals surface area contributed by atoms with Crippen molar-refractivity contribution in [3.63, 3.8) is 0 Å². The Morgan fingerprint density at radius 3 is 2.67 bits per heavy atom. The summed E-state index contributed by atoms with van der Waals surface area (Å²) in [7, 11) is 0. The number of benzene rings is 1. The summed E-state index contributed by atoms with van der Waals surface area (Å²) in [6.45, 7) is 1.61. The molecule has 0 fully saturated rings. The van der Waals surface area contributed by atoms with E-state index in [9.17, 15) is 14.7 Å². The quantitative estimate of drug-likeness (QED) is 0.527. The molecule has 0 bridgehead atoms. The van der Waals surface area contributed by atoms with Gasteiger partial charge in [0.15, 0.2) is 6.29 Å². The highest BCUT2D eigenvalue weighted by atomic mass is 16.4. The van der Waals surface area contributed by atoms with E-state index in [1.807, 2.05) is 5.92 Å². The van der Waals surface area contributed by atoms with Gasteiger partial charge in [-0.3, -0.25) is 4.79 Å². The molecule has 0 aromatic heterocycles. The van der Waals surface area contributed by atoms with Gasteiger partial charge in [0.1, 0.15) is 5.75 Å². The monoisotopic (exact) mass is 204 g/mol. The lowest BCUT2D eigenvalue weighted by Crippen LogP contribution is -1.90. The van der Waals surface area contributed by atoms with E-state index in [4.69, 9.17) is 5.11 Å². The first kappa shape index (κ1) is 10.8. The molecule has 4 heteroatoms. The summed E-state index contributed by atoms with van der Waals surface area (Å²) in [6, 6.07) is 2.85. The smallest absolute Gasteiger partial charge is 0.382 e. The summed E-state index contributed by atoms with van der Waals surface area (Å²) in [5, 5.41) is 17.7. The number of aryl methyl sites for hydroxylation is 1. The number of phenolic OH excluding ortho intramolecular Hbond substituents is 1. The molecule has 15 heavy (non-hydrogen) atoms. The van der Waals surface area contributed by atoms with E-state index in [1.54, 1.807) is 6.92 Å². The summed E-state index contributed by atoms with van der Waals surface area (Å²) < 4.78 is 0. The second kappa shape index (κ2) is 4.29. The second-order valence-electron chi connectivity index (χ2n) is 2.90. The predicted molar refractivity (Wildman–Crippen MR) is 52.7 cm³/mol. The third-order valence-corrected chi connectivity index (χ3v) is 1.77. The molecule has 0 saturated carbocycles. The molecule has 0 saturated heterocycles. The highest BCUT2D eigenvalue weighted by Gasteiger charge is 2.04. The number of hydrogen-bond acceptors (Lipinski definition) is 3. The Bertz CT molecular complexity index is 477. The molecular formula is C11H8O4. The topological polar surface area (TPSA) is 74.6 Å². The van der Waals surface area contributed by atoms with Crippen LogP contribution in [0.4, 0.5) is 0 Å². The van der Waals surface area contributed by atoms with Crippen LogP contribution in [0.2, 0.25) is 0 Å². The molecule has 1 aromatic carbocycles. The van der Waals surface area contributed by atoms with Crippen molar-refractivity contribution in [1.82, 2.24) is 0 Å². The molecule has 0 aliphatic carbocycles. The number of carbonyl (C=O) groups is 2. The zero-order valence-corrected chi connectivity index (χ0v) is 7.94. The van der Waals surface area contributed by atoms with Crippen molar-refractivity contribution in [2.45, 2.75) is 6.92 Å². The number of carboxylic acid groups (broad SMARTS) is 1. The maximum absolute atomic E-state index is 10.5. The maximum Gasteiger partial charge on any atom is 0.382 e. The fraction of sp³-hybridized carbons (Fsp3) is 0.0909. The normalized spacial score (nSPS) is 8.87. The predicted octanol–water partition coefficient (Wildman–Crippen LogP) is 0.949. The molecule has 0 unspecified atom stereocenters. The van der Waals surface area contributed by atoms with Gasteiger partial charge in [-0.05, 0) is 24.6 Å². The van der Waals surface area contributed by atoms with Crippen molar-refractivity contribution >= 4 is 12.3 Å². The molecule has 0 aliphatic rings. The molecule has 0 heterocycles. The molecule has 0 amide bonds. The van der Waals surface area contributed by atoms with Crippen LogP contribution in [-0.2, 0) is 4.79 Å². The van der Waals surface area contributed by atoms with Crippen molar-refractivity contribution in [3.05, 3.63) is 28.8 Å². The lowest BCUT2D eigenvalue weighted by Gasteiger charge is -2.02. The van der Waals surface area contributed by atoms with E-state index in [2.05, 4.69) is 5.92 Å². The highest BCUT2D eigenvalue weighted by Crippen LogP contribution is 2.21. The van der Waals surface area contributed by atoms with Crippen molar-refractivity contribution in [2.75, 3.05) is 0 Å². The van der Waals surface area contributed by atoms with Gasteiger partial charge in [-0.2, -0.15) is 0 Å². The maximum atomic E-state index is 10.5. The molecular weight excluding hydrogens is 196 g/mol. The number of phenols is 1. The van der Waals surface area contributed by atoms with Crippen LogP contribution < -0.4 is 0 Å². The molecule has 1 rings (SSSR count). The molecule has 0 radical (unpaired) electrons. The summed E-state index contributed by atoms with van der Waals surface area (Å²) in [6.07, 6.45) is 0.494. The molecule has 2 N–H and O–H groups in total. The van der Waals surface area contributed by atoms with Gasteiger partial charge >= 0.3 is 5.97 Å². The largest absolute Gasteiger partial charge is 0.507 e. The summed E-state index contributed by atoms with van der Waals surface area (Å²) >= 11 is 0. The summed E-state index contributed by atoms with van der Waals surface area (Å²) in [5.41, 5.74) is 0.966. The molecule has 4 nitrogen and oxygen atoms in total. The average molecular weight is 204 g/mol. The van der Waals surface area contributed by atoms with Gasteiger partial charge in [0.25, 0.3) is 0 Å². The Morgan fingerprint density at radius 2 is 2.13 bits per heavy atom. The zero-order valence-electron chi connectivity index (χ0n) is 7.94. The second-order valence-corrected chi connectivity index (χ2v) is 2.90. The van der Waals surface area contributed by atoms with Crippen LogP contribution in [0.15, 0.2) is 12.1 Å². The van der Waals surface area contributed by atoms with Crippen LogP contribution in [0, 0.1) is 18.8 Å². The summed E-state index contributed by atoms with van der Waals surface area (Å²) in [5.74, 6) is 2.95. The summed E-state index contributed by atoms with van der Waals surface area (Å²) in [4.78, 5) is 20.7. The number of carboxylic acids is 1. The highest BCUT2D eigenvalue weighted by molar-refractivity contribution is 5.87. The fourth-order valence-corrected chi connectivity index (χ4v) is 1.09. The molecule has 0 spiro atoms. The SMILES string of the molecule is Cc1cc(C#CC(=O)O)cc(C=O)c1O. The minimum absolute atomic E-state index is 0.102. The average Bonchev–Trinajstić information content (AvgIpc) is 2.19. The number of hydrogen-bond donors (Lipinski definition) is 2. The van der Waals surface area contributed by atoms with Gasteiger partial charge in [-0.15, -0.1) is 0 Å². The van der Waals surface area contributed by atoms with Crippen molar-refractivity contribution < 1.29 is 19.8 Å². The Kier molecular flexibility index (Phi) is 3.09. The Labute approximate surface area is 86.2 Å². The Balaban J connectivity index is 3.24. The zero-order chi connectivity index (χ0) is 11.4. The third-order valence-electron chi connectivity index (χ3n) is 1.77. The Hall–Kier alpha value is -2.28. The Morgan fingerprint density at radius 1 is 1.47 bits per heavy atom. The van der Waals surface area contributed by atoms with E-state index in [0.29, 0.717) is 17.4 Å². The number of aldehydes is 1. The van der Waals surface area contributed by atoms with Gasteiger partial charge in [0, 0.05) is 11.5 Å².